The predicted molar refractivity (Wildman–Crippen MR) is 67.2 cm³/mol. The minimum Gasteiger partial charge on any atom is -0.381 e. The molecule has 1 aliphatic rings. The number of amides is 1. The Bertz CT molecular complexity index is 503. The number of hydrogen-bond acceptors (Lipinski definition) is 5. The summed E-state index contributed by atoms with van der Waals surface area (Å²) in [4.78, 5) is 25.7. The molecule has 8 heteroatoms. The minimum absolute atomic E-state index is 0.0797. The summed E-state index contributed by atoms with van der Waals surface area (Å²) in [5.74, 6) is -0.275. The number of rotatable bonds is 4. The molecule has 1 fully saturated rings. The normalized spacial score (nSPS) is 18.3. The van der Waals surface area contributed by atoms with Gasteiger partial charge in [0.1, 0.15) is 5.56 Å². The summed E-state index contributed by atoms with van der Waals surface area (Å²) in [6.45, 7) is 1.71. The van der Waals surface area contributed by atoms with Gasteiger partial charge in [-0.05, 0) is 12.5 Å². The Balaban J connectivity index is 2.10. The van der Waals surface area contributed by atoms with Gasteiger partial charge in [-0.25, -0.2) is 4.98 Å². The first kappa shape index (κ1) is 13.7. The van der Waals surface area contributed by atoms with Crippen molar-refractivity contribution in [2.45, 2.75) is 6.42 Å². The number of carbonyl (C=O) groups excluding carboxylic acids is 1. The standard InChI is InChI=1S/C11H12ClN3O4/c12-10-9(15(17)18)8(1-3-13-10)11(16)14-5-7-2-4-19-6-7/h1,3,7H,2,4-6H2,(H,14,16). The third-order valence-electron chi connectivity index (χ3n) is 2.88. The fourth-order valence-corrected chi connectivity index (χ4v) is 2.09. The summed E-state index contributed by atoms with van der Waals surface area (Å²) < 4.78 is 5.19. The van der Waals surface area contributed by atoms with Crippen molar-refractivity contribution in [1.29, 1.82) is 0 Å². The number of nitro groups is 1. The molecule has 1 amide bonds. The van der Waals surface area contributed by atoms with Crippen LogP contribution in [0.5, 0.6) is 0 Å². The molecule has 2 rings (SSSR count). The van der Waals surface area contributed by atoms with Crippen molar-refractivity contribution in [3.8, 4) is 0 Å². The highest BCUT2D eigenvalue weighted by Gasteiger charge is 2.25. The Morgan fingerprint density at radius 3 is 3.11 bits per heavy atom. The fourth-order valence-electron chi connectivity index (χ4n) is 1.86. The highest BCUT2D eigenvalue weighted by atomic mass is 35.5. The van der Waals surface area contributed by atoms with Crippen LogP contribution in [0.15, 0.2) is 12.3 Å². The Morgan fingerprint density at radius 2 is 2.47 bits per heavy atom. The third-order valence-corrected chi connectivity index (χ3v) is 3.16. The summed E-state index contributed by atoms with van der Waals surface area (Å²) in [6, 6.07) is 1.28. The summed E-state index contributed by atoms with van der Waals surface area (Å²) in [7, 11) is 0. The third kappa shape index (κ3) is 3.18. The molecule has 0 spiro atoms. The minimum atomic E-state index is -0.705. The van der Waals surface area contributed by atoms with Crippen LogP contribution < -0.4 is 5.32 Å². The van der Waals surface area contributed by atoms with E-state index in [4.69, 9.17) is 16.3 Å². The molecule has 1 aromatic heterocycles. The van der Waals surface area contributed by atoms with E-state index in [9.17, 15) is 14.9 Å². The van der Waals surface area contributed by atoms with Crippen molar-refractivity contribution >= 4 is 23.2 Å². The molecule has 1 unspecified atom stereocenters. The summed E-state index contributed by atoms with van der Waals surface area (Å²) >= 11 is 5.64. The molecule has 19 heavy (non-hydrogen) atoms. The summed E-state index contributed by atoms with van der Waals surface area (Å²) in [5.41, 5.74) is -0.548. The number of halogens is 1. The van der Waals surface area contributed by atoms with Gasteiger partial charge in [0, 0.05) is 25.3 Å². The molecule has 0 radical (unpaired) electrons. The van der Waals surface area contributed by atoms with Crippen LogP contribution in [0.3, 0.4) is 0 Å². The van der Waals surface area contributed by atoms with Crippen LogP contribution in [0.25, 0.3) is 0 Å². The van der Waals surface area contributed by atoms with Crippen molar-refractivity contribution in [1.82, 2.24) is 10.3 Å². The van der Waals surface area contributed by atoms with E-state index in [0.717, 1.165) is 6.42 Å². The van der Waals surface area contributed by atoms with Gasteiger partial charge in [0.05, 0.1) is 11.5 Å². The van der Waals surface area contributed by atoms with E-state index < -0.39 is 16.5 Å². The Morgan fingerprint density at radius 1 is 1.68 bits per heavy atom. The topological polar surface area (TPSA) is 94.4 Å². The van der Waals surface area contributed by atoms with Crippen molar-refractivity contribution in [2.24, 2.45) is 5.92 Å². The number of hydrogen-bond donors (Lipinski definition) is 1. The van der Waals surface area contributed by atoms with Crippen LogP contribution in [0.4, 0.5) is 5.69 Å². The monoisotopic (exact) mass is 285 g/mol. The molecule has 1 atom stereocenters. The quantitative estimate of drug-likeness (QED) is 0.513. The molecule has 102 valence electrons. The zero-order valence-corrected chi connectivity index (χ0v) is 10.7. The Kier molecular flexibility index (Phi) is 4.28. The van der Waals surface area contributed by atoms with Gasteiger partial charge in [-0.3, -0.25) is 14.9 Å². The molecule has 0 saturated carbocycles. The molecule has 2 heterocycles. The van der Waals surface area contributed by atoms with Crippen LogP contribution in [0.1, 0.15) is 16.8 Å². The van der Waals surface area contributed by atoms with E-state index in [1.54, 1.807) is 0 Å². The second-order valence-electron chi connectivity index (χ2n) is 4.19. The van der Waals surface area contributed by atoms with Gasteiger partial charge in [-0.1, -0.05) is 11.6 Å². The zero-order valence-electron chi connectivity index (χ0n) is 9.97. The van der Waals surface area contributed by atoms with Gasteiger partial charge in [0.15, 0.2) is 0 Å². The maximum Gasteiger partial charge on any atom is 0.319 e. The fraction of sp³-hybridized carbons (Fsp3) is 0.455. The molecular weight excluding hydrogens is 274 g/mol. The van der Waals surface area contributed by atoms with Gasteiger partial charge in [0.25, 0.3) is 5.91 Å². The van der Waals surface area contributed by atoms with E-state index in [1.807, 2.05) is 0 Å². The second kappa shape index (κ2) is 5.94. The van der Waals surface area contributed by atoms with Crippen LogP contribution in [-0.4, -0.2) is 35.6 Å². The lowest BCUT2D eigenvalue weighted by Gasteiger charge is -2.09. The van der Waals surface area contributed by atoms with Crippen LogP contribution in [0.2, 0.25) is 5.15 Å². The zero-order chi connectivity index (χ0) is 13.8. The molecule has 1 aromatic rings. The molecule has 1 saturated heterocycles. The first-order valence-electron chi connectivity index (χ1n) is 5.74. The SMILES string of the molecule is O=C(NCC1CCOC1)c1ccnc(Cl)c1[N+](=O)[O-]. The second-order valence-corrected chi connectivity index (χ2v) is 4.55. The largest absolute Gasteiger partial charge is 0.381 e. The van der Waals surface area contributed by atoms with Gasteiger partial charge in [0.2, 0.25) is 5.15 Å². The van der Waals surface area contributed by atoms with Crippen LogP contribution >= 0.6 is 11.6 Å². The average molecular weight is 286 g/mol. The maximum atomic E-state index is 11.9. The van der Waals surface area contributed by atoms with Crippen molar-refractivity contribution in [3.63, 3.8) is 0 Å². The Hall–Kier alpha value is -1.73. The van der Waals surface area contributed by atoms with E-state index in [2.05, 4.69) is 10.3 Å². The molecule has 0 aromatic carbocycles. The van der Waals surface area contributed by atoms with E-state index in [1.165, 1.54) is 12.3 Å². The van der Waals surface area contributed by atoms with E-state index in [0.29, 0.717) is 19.8 Å². The highest BCUT2D eigenvalue weighted by molar-refractivity contribution is 6.32. The number of pyridine rings is 1. The molecular formula is C11H12ClN3O4. The van der Waals surface area contributed by atoms with Crippen LogP contribution in [-0.2, 0) is 4.74 Å². The number of nitrogens with one attached hydrogen (secondary N) is 1. The molecule has 0 aliphatic carbocycles. The number of carbonyl (C=O) groups is 1. The first-order valence-corrected chi connectivity index (χ1v) is 6.12. The summed E-state index contributed by atoms with van der Waals surface area (Å²) in [6.07, 6.45) is 2.14. The van der Waals surface area contributed by atoms with Crippen molar-refractivity contribution < 1.29 is 14.5 Å². The number of nitrogens with zero attached hydrogens (tertiary/aromatic N) is 2. The summed E-state index contributed by atoms with van der Waals surface area (Å²) in [5, 5.41) is 13.3. The maximum absolute atomic E-state index is 11.9. The lowest BCUT2D eigenvalue weighted by molar-refractivity contribution is -0.385. The van der Waals surface area contributed by atoms with Crippen molar-refractivity contribution in [2.75, 3.05) is 19.8 Å². The smallest absolute Gasteiger partial charge is 0.319 e. The first-order chi connectivity index (χ1) is 9.09. The average Bonchev–Trinajstić information content (AvgIpc) is 2.88. The van der Waals surface area contributed by atoms with E-state index in [-0.39, 0.29) is 16.6 Å². The number of aromatic nitrogens is 1. The lowest BCUT2D eigenvalue weighted by atomic mass is 10.1. The molecule has 1 aliphatic heterocycles. The highest BCUT2D eigenvalue weighted by Crippen LogP contribution is 2.25. The Labute approximate surface area is 114 Å². The van der Waals surface area contributed by atoms with E-state index >= 15 is 0 Å². The van der Waals surface area contributed by atoms with Gasteiger partial charge >= 0.3 is 5.69 Å². The molecule has 7 nitrogen and oxygen atoms in total. The molecule has 1 N–H and O–H groups in total. The van der Waals surface area contributed by atoms with Crippen LogP contribution in [0, 0.1) is 16.0 Å². The van der Waals surface area contributed by atoms with Gasteiger partial charge in [-0.15, -0.1) is 0 Å². The van der Waals surface area contributed by atoms with Crippen molar-refractivity contribution in [3.05, 3.63) is 33.1 Å². The number of ether oxygens (including phenoxy) is 1. The molecule has 0 bridgehead atoms. The van der Waals surface area contributed by atoms with Gasteiger partial charge < -0.3 is 10.1 Å². The van der Waals surface area contributed by atoms with Gasteiger partial charge in [-0.2, -0.15) is 0 Å². The predicted octanol–water partition coefficient (Wildman–Crippen LogP) is 1.41. The lowest BCUT2D eigenvalue weighted by Crippen LogP contribution is -2.30.